The lowest BCUT2D eigenvalue weighted by Gasteiger charge is -2.49. The predicted octanol–water partition coefficient (Wildman–Crippen LogP) is 6.79. The molecule has 0 spiro atoms. The van der Waals surface area contributed by atoms with Gasteiger partial charge in [0.2, 0.25) is 0 Å². The van der Waals surface area contributed by atoms with E-state index in [0.29, 0.717) is 25.2 Å². The highest BCUT2D eigenvalue weighted by atomic mass is 127. The van der Waals surface area contributed by atoms with Crippen LogP contribution in [0.1, 0.15) is 85.1 Å². The molecule has 1 heterocycles. The Hall–Kier alpha value is -1.83. The first-order valence-corrected chi connectivity index (χ1v) is 13.8. The zero-order valence-electron chi connectivity index (χ0n) is 22.1. The Morgan fingerprint density at radius 3 is 1.94 bits per heavy atom. The van der Waals surface area contributed by atoms with Gasteiger partial charge in [-0.25, -0.2) is 0 Å². The SMILES string of the molecule is CCCOc1c(I)cc(C2C3=C(CC(C)(C)CC3=O)N(CC)C3=C2C(=O)CC(C)(C)C3)cc1OC. The molecule has 2 aliphatic carbocycles. The molecule has 1 aliphatic heterocycles. The van der Waals surface area contributed by atoms with Crippen LogP contribution in [0.3, 0.4) is 0 Å². The summed E-state index contributed by atoms with van der Waals surface area (Å²) in [6.07, 6.45) is 3.55. The zero-order valence-corrected chi connectivity index (χ0v) is 24.3. The normalized spacial score (nSPS) is 21.8. The minimum Gasteiger partial charge on any atom is -0.493 e. The quantitative estimate of drug-likeness (QED) is 0.341. The van der Waals surface area contributed by atoms with Crippen molar-refractivity contribution in [1.29, 1.82) is 0 Å². The standard InChI is InChI=1S/C29H38INO4/c1-8-10-35-27-18(30)11-17(12-23(27)34-7)24-25-19(13-28(3,4)15-21(25)32)31(9-2)20-14-29(5,6)16-22(33)26(20)24/h11-12,24H,8-10,13-16H2,1-7H3. The summed E-state index contributed by atoms with van der Waals surface area (Å²) in [4.78, 5) is 29.8. The smallest absolute Gasteiger partial charge is 0.174 e. The van der Waals surface area contributed by atoms with Crippen molar-refractivity contribution in [3.8, 4) is 11.5 Å². The van der Waals surface area contributed by atoms with Gasteiger partial charge in [0.05, 0.1) is 17.3 Å². The number of benzene rings is 1. The van der Waals surface area contributed by atoms with Crippen molar-refractivity contribution in [2.24, 2.45) is 10.8 Å². The number of hydrogen-bond donors (Lipinski definition) is 0. The Balaban J connectivity index is 1.98. The third-order valence-corrected chi connectivity index (χ3v) is 8.17. The number of ether oxygens (including phenoxy) is 2. The van der Waals surface area contributed by atoms with Gasteiger partial charge in [-0.2, -0.15) is 0 Å². The van der Waals surface area contributed by atoms with E-state index in [-0.39, 0.29) is 28.3 Å². The highest BCUT2D eigenvalue weighted by Gasteiger charge is 2.48. The number of carbonyl (C=O) groups excluding carboxylic acids is 2. The van der Waals surface area contributed by atoms with Gasteiger partial charge in [-0.15, -0.1) is 0 Å². The molecule has 6 heteroatoms. The Kier molecular flexibility index (Phi) is 7.17. The number of allylic oxidation sites excluding steroid dienone is 4. The summed E-state index contributed by atoms with van der Waals surface area (Å²) < 4.78 is 12.7. The van der Waals surface area contributed by atoms with Gasteiger partial charge in [-0.1, -0.05) is 34.6 Å². The Bertz CT molecular complexity index is 1070. The molecular formula is C29H38INO4. The van der Waals surface area contributed by atoms with Crippen LogP contribution in [-0.2, 0) is 9.59 Å². The first kappa shape index (κ1) is 26.2. The first-order chi connectivity index (χ1) is 16.4. The largest absolute Gasteiger partial charge is 0.493 e. The summed E-state index contributed by atoms with van der Waals surface area (Å²) in [6, 6.07) is 4.06. The number of methoxy groups -OCH3 is 1. The summed E-state index contributed by atoms with van der Waals surface area (Å²) in [5.41, 5.74) is 4.53. The highest BCUT2D eigenvalue weighted by Crippen LogP contribution is 2.55. The number of hydrogen-bond acceptors (Lipinski definition) is 5. The fourth-order valence-corrected chi connectivity index (χ4v) is 6.79. The van der Waals surface area contributed by atoms with Crippen LogP contribution in [0.15, 0.2) is 34.7 Å². The summed E-state index contributed by atoms with van der Waals surface area (Å²) in [7, 11) is 1.64. The third kappa shape index (κ3) is 4.79. The second kappa shape index (κ2) is 9.56. The molecule has 0 radical (unpaired) electrons. The lowest BCUT2D eigenvalue weighted by molar-refractivity contribution is -0.119. The molecule has 0 saturated carbocycles. The number of nitrogens with zero attached hydrogens (tertiary/aromatic N) is 1. The van der Waals surface area contributed by atoms with Crippen LogP contribution in [0.4, 0.5) is 0 Å². The minimum absolute atomic E-state index is 0.107. The van der Waals surface area contributed by atoms with E-state index in [9.17, 15) is 9.59 Å². The van der Waals surface area contributed by atoms with Crippen LogP contribution in [0.2, 0.25) is 0 Å². The van der Waals surface area contributed by atoms with Crippen LogP contribution in [0.25, 0.3) is 0 Å². The molecule has 0 unspecified atom stereocenters. The molecule has 35 heavy (non-hydrogen) atoms. The fraction of sp³-hybridized carbons (Fsp3) is 0.586. The summed E-state index contributed by atoms with van der Waals surface area (Å²) >= 11 is 2.28. The van der Waals surface area contributed by atoms with Crippen molar-refractivity contribution < 1.29 is 19.1 Å². The molecule has 0 fully saturated rings. The number of ketones is 2. The van der Waals surface area contributed by atoms with Gasteiger partial charge in [0, 0.05) is 47.8 Å². The zero-order chi connectivity index (χ0) is 25.7. The Labute approximate surface area is 223 Å². The minimum atomic E-state index is -0.363. The van der Waals surface area contributed by atoms with Gasteiger partial charge >= 0.3 is 0 Å². The van der Waals surface area contributed by atoms with E-state index >= 15 is 0 Å². The molecule has 1 aromatic rings. The highest BCUT2D eigenvalue weighted by molar-refractivity contribution is 14.1. The Morgan fingerprint density at radius 2 is 1.49 bits per heavy atom. The van der Waals surface area contributed by atoms with Crippen molar-refractivity contribution in [3.63, 3.8) is 0 Å². The average Bonchev–Trinajstić information content (AvgIpc) is 2.74. The molecule has 0 saturated heterocycles. The second-order valence-electron chi connectivity index (χ2n) is 11.7. The molecule has 0 atom stereocenters. The molecule has 0 aromatic heterocycles. The molecule has 0 bridgehead atoms. The molecule has 0 N–H and O–H groups in total. The van der Waals surface area contributed by atoms with E-state index in [1.807, 2.05) is 6.07 Å². The van der Waals surface area contributed by atoms with Crippen molar-refractivity contribution in [1.82, 2.24) is 4.90 Å². The molecule has 0 amide bonds. The number of Topliss-reactive ketones (excluding diaryl/α,β-unsaturated/α-hetero) is 2. The van der Waals surface area contributed by atoms with Crippen LogP contribution in [-0.4, -0.2) is 36.7 Å². The van der Waals surface area contributed by atoms with E-state index in [2.05, 4.69) is 75.1 Å². The maximum absolute atomic E-state index is 13.8. The van der Waals surface area contributed by atoms with Gasteiger partial charge in [-0.05, 0) is 77.3 Å². The van der Waals surface area contributed by atoms with Crippen LogP contribution >= 0.6 is 22.6 Å². The van der Waals surface area contributed by atoms with Crippen molar-refractivity contribution >= 4 is 34.2 Å². The monoisotopic (exact) mass is 591 g/mol. The number of rotatable bonds is 6. The molecule has 190 valence electrons. The van der Waals surface area contributed by atoms with Crippen molar-refractivity contribution in [3.05, 3.63) is 43.8 Å². The maximum Gasteiger partial charge on any atom is 0.174 e. The van der Waals surface area contributed by atoms with Gasteiger partial charge in [0.25, 0.3) is 0 Å². The van der Waals surface area contributed by atoms with Crippen LogP contribution in [0.5, 0.6) is 11.5 Å². The van der Waals surface area contributed by atoms with Gasteiger partial charge in [0.15, 0.2) is 23.1 Å². The fourth-order valence-electron chi connectivity index (χ4n) is 6.01. The summed E-state index contributed by atoms with van der Waals surface area (Å²) in [5, 5.41) is 0. The van der Waals surface area contributed by atoms with Gasteiger partial charge < -0.3 is 14.4 Å². The molecular weight excluding hydrogens is 553 g/mol. The van der Waals surface area contributed by atoms with Crippen LogP contribution in [0, 0.1) is 14.4 Å². The molecule has 1 aromatic carbocycles. The second-order valence-corrected chi connectivity index (χ2v) is 12.8. The van der Waals surface area contributed by atoms with E-state index in [0.717, 1.165) is 63.2 Å². The average molecular weight is 592 g/mol. The lowest BCUT2D eigenvalue weighted by atomic mass is 9.63. The summed E-state index contributed by atoms with van der Waals surface area (Å²) in [5.74, 6) is 1.32. The third-order valence-electron chi connectivity index (χ3n) is 7.37. The van der Waals surface area contributed by atoms with E-state index in [1.165, 1.54) is 0 Å². The summed E-state index contributed by atoms with van der Waals surface area (Å²) in [6.45, 7) is 14.2. The maximum atomic E-state index is 13.8. The molecule has 4 rings (SSSR count). The van der Waals surface area contributed by atoms with Gasteiger partial charge in [0.1, 0.15) is 0 Å². The van der Waals surface area contributed by atoms with Crippen molar-refractivity contribution in [2.75, 3.05) is 20.3 Å². The van der Waals surface area contributed by atoms with E-state index in [1.54, 1.807) is 7.11 Å². The van der Waals surface area contributed by atoms with E-state index < -0.39 is 0 Å². The van der Waals surface area contributed by atoms with Crippen molar-refractivity contribution in [2.45, 2.75) is 79.6 Å². The molecule has 3 aliphatic rings. The molecule has 5 nitrogen and oxygen atoms in total. The Morgan fingerprint density at radius 1 is 0.943 bits per heavy atom. The predicted molar refractivity (Wildman–Crippen MR) is 147 cm³/mol. The van der Waals surface area contributed by atoms with Crippen LogP contribution < -0.4 is 9.47 Å². The first-order valence-electron chi connectivity index (χ1n) is 12.7. The number of halogens is 1. The topological polar surface area (TPSA) is 55.8 Å². The number of carbonyl (C=O) groups is 2. The van der Waals surface area contributed by atoms with E-state index in [4.69, 9.17) is 9.47 Å². The lowest BCUT2D eigenvalue weighted by Crippen LogP contribution is -2.44. The van der Waals surface area contributed by atoms with Gasteiger partial charge in [-0.3, -0.25) is 9.59 Å².